The van der Waals surface area contributed by atoms with Crippen LogP contribution in [0.4, 0.5) is 10.7 Å². The minimum absolute atomic E-state index is 0.0297. The zero-order valence-electron chi connectivity index (χ0n) is 13.0. The van der Waals surface area contributed by atoms with Crippen LogP contribution in [0.2, 0.25) is 0 Å². The van der Waals surface area contributed by atoms with Crippen molar-refractivity contribution < 1.29 is 9.72 Å². The van der Waals surface area contributed by atoms with Crippen molar-refractivity contribution in [3.63, 3.8) is 0 Å². The fraction of sp³-hybridized carbons (Fsp3) is 0.312. The van der Waals surface area contributed by atoms with Gasteiger partial charge in [-0.3, -0.25) is 14.9 Å². The molecular weight excluding hydrogens is 314 g/mol. The average molecular weight is 333 g/mol. The summed E-state index contributed by atoms with van der Waals surface area (Å²) >= 11 is 0.882. The van der Waals surface area contributed by atoms with Crippen molar-refractivity contribution in [1.29, 1.82) is 0 Å². The van der Waals surface area contributed by atoms with Gasteiger partial charge in [0.2, 0.25) is 0 Å². The van der Waals surface area contributed by atoms with Gasteiger partial charge >= 0.3 is 5.00 Å². The van der Waals surface area contributed by atoms with E-state index in [0.29, 0.717) is 17.3 Å². The number of para-hydroxylation sites is 1. The Morgan fingerprint density at radius 1 is 1.22 bits per heavy atom. The number of carbonyl (C=O) groups excluding carboxylic acids is 1. The largest absolute Gasteiger partial charge is 0.380 e. The zero-order valence-corrected chi connectivity index (χ0v) is 13.8. The Morgan fingerprint density at radius 2 is 1.91 bits per heavy atom. The van der Waals surface area contributed by atoms with Crippen LogP contribution in [0, 0.1) is 16.0 Å². The number of nitrogens with zero attached hydrogens (tertiary/aromatic N) is 1. The van der Waals surface area contributed by atoms with E-state index in [1.807, 2.05) is 30.3 Å². The maximum absolute atomic E-state index is 12.1. The summed E-state index contributed by atoms with van der Waals surface area (Å²) in [6.45, 7) is 4.59. The highest BCUT2D eigenvalue weighted by atomic mass is 32.1. The maximum atomic E-state index is 12.1. The SMILES string of the molecule is CC(C)C(CNC(=O)c1ccc([N+](=O)[O-])s1)Nc1ccccc1. The predicted octanol–water partition coefficient (Wildman–Crippen LogP) is 3.52. The molecule has 6 nitrogen and oxygen atoms in total. The fourth-order valence-electron chi connectivity index (χ4n) is 2.04. The molecule has 0 saturated carbocycles. The Balaban J connectivity index is 1.95. The first-order valence-electron chi connectivity index (χ1n) is 7.31. The molecule has 0 saturated heterocycles. The summed E-state index contributed by atoms with van der Waals surface area (Å²) in [4.78, 5) is 22.6. The second kappa shape index (κ2) is 7.73. The van der Waals surface area contributed by atoms with Gasteiger partial charge in [0.05, 0.1) is 9.80 Å². The summed E-state index contributed by atoms with van der Waals surface area (Å²) in [5.41, 5.74) is 0.993. The number of benzene rings is 1. The molecule has 2 aromatic rings. The quantitative estimate of drug-likeness (QED) is 0.600. The van der Waals surface area contributed by atoms with Gasteiger partial charge in [-0.15, -0.1) is 0 Å². The van der Waals surface area contributed by atoms with Gasteiger partial charge in [0, 0.05) is 24.3 Å². The predicted molar refractivity (Wildman–Crippen MR) is 92.0 cm³/mol. The van der Waals surface area contributed by atoms with Crippen molar-refractivity contribution in [2.45, 2.75) is 19.9 Å². The van der Waals surface area contributed by atoms with Crippen LogP contribution in [0.5, 0.6) is 0 Å². The van der Waals surface area contributed by atoms with Crippen molar-refractivity contribution >= 4 is 27.9 Å². The van der Waals surface area contributed by atoms with Crippen molar-refractivity contribution in [3.8, 4) is 0 Å². The van der Waals surface area contributed by atoms with Crippen LogP contribution in [-0.2, 0) is 0 Å². The molecule has 1 aromatic carbocycles. The lowest BCUT2D eigenvalue weighted by Crippen LogP contribution is -2.39. The van der Waals surface area contributed by atoms with Gasteiger partial charge in [-0.2, -0.15) is 0 Å². The third-order valence-corrected chi connectivity index (χ3v) is 4.44. The zero-order chi connectivity index (χ0) is 16.8. The highest BCUT2D eigenvalue weighted by Crippen LogP contribution is 2.23. The van der Waals surface area contributed by atoms with Gasteiger partial charge in [0.25, 0.3) is 5.91 Å². The molecule has 2 N–H and O–H groups in total. The summed E-state index contributed by atoms with van der Waals surface area (Å²) in [5, 5.41) is 16.9. The highest BCUT2D eigenvalue weighted by molar-refractivity contribution is 7.17. The first kappa shape index (κ1) is 17.0. The van der Waals surface area contributed by atoms with Crippen molar-refractivity contribution in [3.05, 3.63) is 57.5 Å². The van der Waals surface area contributed by atoms with Crippen molar-refractivity contribution in [1.82, 2.24) is 5.32 Å². The van der Waals surface area contributed by atoms with Gasteiger partial charge in [-0.1, -0.05) is 43.4 Å². The molecule has 1 amide bonds. The molecule has 0 aliphatic rings. The number of hydrogen-bond acceptors (Lipinski definition) is 5. The Bertz CT molecular complexity index is 670. The average Bonchev–Trinajstić information content (AvgIpc) is 3.02. The van der Waals surface area contributed by atoms with E-state index < -0.39 is 4.92 Å². The van der Waals surface area contributed by atoms with E-state index in [9.17, 15) is 14.9 Å². The van der Waals surface area contributed by atoms with Crippen LogP contribution in [0.25, 0.3) is 0 Å². The normalized spacial score (nSPS) is 12.0. The lowest BCUT2D eigenvalue weighted by Gasteiger charge is -2.23. The first-order valence-corrected chi connectivity index (χ1v) is 8.13. The van der Waals surface area contributed by atoms with Crippen LogP contribution >= 0.6 is 11.3 Å². The molecule has 0 radical (unpaired) electrons. The summed E-state index contributed by atoms with van der Waals surface area (Å²) in [6, 6.07) is 12.7. The van der Waals surface area contributed by atoms with Crippen LogP contribution < -0.4 is 10.6 Å². The first-order chi connectivity index (χ1) is 11.0. The Hall–Kier alpha value is -2.41. The second-order valence-corrected chi connectivity index (χ2v) is 6.53. The molecule has 0 bridgehead atoms. The molecule has 0 fully saturated rings. The van der Waals surface area contributed by atoms with Gasteiger partial charge < -0.3 is 10.6 Å². The smallest absolute Gasteiger partial charge is 0.324 e. The summed E-state index contributed by atoms with van der Waals surface area (Å²) in [5.74, 6) is 0.0248. The third kappa shape index (κ3) is 4.79. The molecule has 7 heteroatoms. The lowest BCUT2D eigenvalue weighted by molar-refractivity contribution is -0.380. The third-order valence-electron chi connectivity index (χ3n) is 3.41. The van der Waals surface area contributed by atoms with Crippen LogP contribution in [0.1, 0.15) is 23.5 Å². The van der Waals surface area contributed by atoms with Crippen LogP contribution in [0.15, 0.2) is 42.5 Å². The van der Waals surface area contributed by atoms with E-state index >= 15 is 0 Å². The molecule has 1 heterocycles. The summed E-state index contributed by atoms with van der Waals surface area (Å²) in [6.07, 6.45) is 0. The molecule has 1 aromatic heterocycles. The number of nitro groups is 1. The topological polar surface area (TPSA) is 84.3 Å². The van der Waals surface area contributed by atoms with E-state index in [4.69, 9.17) is 0 Å². The van der Waals surface area contributed by atoms with E-state index in [1.165, 1.54) is 12.1 Å². The van der Waals surface area contributed by atoms with Crippen molar-refractivity contribution in [2.24, 2.45) is 5.92 Å². The minimum Gasteiger partial charge on any atom is -0.380 e. The number of anilines is 1. The molecule has 23 heavy (non-hydrogen) atoms. The van der Waals surface area contributed by atoms with E-state index in [1.54, 1.807) is 0 Å². The number of rotatable bonds is 7. The number of carbonyl (C=O) groups is 1. The molecule has 0 aliphatic heterocycles. The van der Waals surface area contributed by atoms with Gasteiger partial charge in [0.1, 0.15) is 0 Å². The van der Waals surface area contributed by atoms with Gasteiger partial charge in [0.15, 0.2) is 0 Å². The Kier molecular flexibility index (Phi) is 5.70. The van der Waals surface area contributed by atoms with Crippen LogP contribution in [-0.4, -0.2) is 23.4 Å². The summed E-state index contributed by atoms with van der Waals surface area (Å²) in [7, 11) is 0. The number of thiophene rings is 1. The molecular formula is C16H19N3O3S. The molecule has 0 aliphatic carbocycles. The molecule has 1 unspecified atom stereocenters. The number of nitrogens with one attached hydrogen (secondary N) is 2. The van der Waals surface area contributed by atoms with Crippen LogP contribution in [0.3, 0.4) is 0 Å². The summed E-state index contributed by atoms with van der Waals surface area (Å²) < 4.78 is 0. The van der Waals surface area contributed by atoms with E-state index in [2.05, 4.69) is 24.5 Å². The molecule has 1 atom stereocenters. The van der Waals surface area contributed by atoms with E-state index in [-0.39, 0.29) is 17.0 Å². The fourth-order valence-corrected chi connectivity index (χ4v) is 2.78. The maximum Gasteiger partial charge on any atom is 0.324 e. The van der Waals surface area contributed by atoms with Gasteiger partial charge in [-0.05, 0) is 24.1 Å². The lowest BCUT2D eigenvalue weighted by atomic mass is 10.0. The second-order valence-electron chi connectivity index (χ2n) is 5.47. The minimum atomic E-state index is -0.491. The highest BCUT2D eigenvalue weighted by Gasteiger charge is 2.18. The number of amides is 1. The standard InChI is InChI=1S/C16H19N3O3S/c1-11(2)13(18-12-6-4-3-5-7-12)10-17-16(20)14-8-9-15(23-14)19(21)22/h3-9,11,13,18H,10H2,1-2H3,(H,17,20). The number of hydrogen-bond donors (Lipinski definition) is 2. The Labute approximate surface area is 138 Å². The monoisotopic (exact) mass is 333 g/mol. The van der Waals surface area contributed by atoms with Crippen molar-refractivity contribution in [2.75, 3.05) is 11.9 Å². The molecule has 122 valence electrons. The van der Waals surface area contributed by atoms with E-state index in [0.717, 1.165) is 17.0 Å². The van der Waals surface area contributed by atoms with Gasteiger partial charge in [-0.25, -0.2) is 0 Å². The molecule has 0 spiro atoms. The Morgan fingerprint density at radius 3 is 2.48 bits per heavy atom. The molecule has 2 rings (SSSR count).